The molecule has 0 atom stereocenters. The summed E-state index contributed by atoms with van der Waals surface area (Å²) in [6, 6.07) is 5.21. The van der Waals surface area contributed by atoms with Crippen LogP contribution in [0.4, 0.5) is 0 Å². The zero-order valence-corrected chi connectivity index (χ0v) is 16.8. The average molecular weight is 395 g/mol. The van der Waals surface area contributed by atoms with E-state index in [1.807, 2.05) is 6.07 Å². The highest BCUT2D eigenvalue weighted by molar-refractivity contribution is 7.89. The van der Waals surface area contributed by atoms with Gasteiger partial charge in [-0.15, -0.1) is 0 Å². The lowest BCUT2D eigenvalue weighted by Crippen LogP contribution is -2.43. The summed E-state index contributed by atoms with van der Waals surface area (Å²) in [4.78, 5) is 2.86. The summed E-state index contributed by atoms with van der Waals surface area (Å²) in [5.41, 5.74) is 1.16. The topological polar surface area (TPSA) is 66.4 Å². The maximum Gasteiger partial charge on any atom is 0.245 e. The van der Waals surface area contributed by atoms with Crippen LogP contribution in [-0.4, -0.2) is 59.1 Å². The number of piperidine rings is 2. The third kappa shape index (κ3) is 3.65. The molecule has 0 bridgehead atoms. The van der Waals surface area contributed by atoms with Crippen LogP contribution in [0.15, 0.2) is 23.1 Å². The van der Waals surface area contributed by atoms with E-state index in [0.29, 0.717) is 34.9 Å². The van der Waals surface area contributed by atoms with Gasteiger partial charge in [0.05, 0.1) is 11.7 Å². The Morgan fingerprint density at radius 3 is 2.54 bits per heavy atom. The Labute approximate surface area is 159 Å². The summed E-state index contributed by atoms with van der Waals surface area (Å²) in [6.45, 7) is 7.04. The van der Waals surface area contributed by atoms with Crippen molar-refractivity contribution in [2.24, 2.45) is 11.8 Å². The number of hydrogen-bond donors (Lipinski definition) is 0. The molecule has 3 heterocycles. The first-order valence-corrected chi connectivity index (χ1v) is 11.6. The molecule has 0 N–H and O–H groups in total. The van der Waals surface area contributed by atoms with Gasteiger partial charge in [0.1, 0.15) is 15.9 Å². The Bertz CT molecular complexity index is 851. The van der Waals surface area contributed by atoms with E-state index < -0.39 is 10.0 Å². The number of sulfonamides is 1. The van der Waals surface area contributed by atoms with E-state index in [4.69, 9.17) is 0 Å². The van der Waals surface area contributed by atoms with Gasteiger partial charge in [0.15, 0.2) is 0 Å². The molecule has 0 saturated carbocycles. The van der Waals surface area contributed by atoms with Gasteiger partial charge in [-0.3, -0.25) is 0 Å². The SMILES string of the molecule is CC1CCN(CC2CCN(S(=O)(=O)c3cccc4nsnc34)CC2)CC1. The van der Waals surface area contributed by atoms with Gasteiger partial charge in [-0.25, -0.2) is 8.42 Å². The van der Waals surface area contributed by atoms with Gasteiger partial charge in [0, 0.05) is 19.6 Å². The van der Waals surface area contributed by atoms with Crippen LogP contribution in [0, 0.1) is 11.8 Å². The number of benzene rings is 1. The molecule has 0 radical (unpaired) electrons. The molecule has 142 valence electrons. The molecule has 1 aromatic heterocycles. The molecular weight excluding hydrogens is 368 g/mol. The largest absolute Gasteiger partial charge is 0.303 e. The summed E-state index contributed by atoms with van der Waals surface area (Å²) in [7, 11) is -3.50. The van der Waals surface area contributed by atoms with Gasteiger partial charge in [-0.2, -0.15) is 13.1 Å². The van der Waals surface area contributed by atoms with Crippen LogP contribution >= 0.6 is 11.7 Å². The van der Waals surface area contributed by atoms with Crippen molar-refractivity contribution in [2.75, 3.05) is 32.7 Å². The number of nitrogens with zero attached hydrogens (tertiary/aromatic N) is 4. The van der Waals surface area contributed by atoms with Crippen molar-refractivity contribution in [2.45, 2.75) is 37.5 Å². The van der Waals surface area contributed by atoms with Crippen molar-refractivity contribution >= 4 is 32.8 Å². The molecule has 26 heavy (non-hydrogen) atoms. The van der Waals surface area contributed by atoms with Crippen molar-refractivity contribution in [1.29, 1.82) is 0 Å². The summed E-state index contributed by atoms with van der Waals surface area (Å²) >= 11 is 1.06. The monoisotopic (exact) mass is 394 g/mol. The molecular formula is C18H26N4O2S2. The maximum atomic E-state index is 13.1. The van der Waals surface area contributed by atoms with Crippen molar-refractivity contribution in [3.8, 4) is 0 Å². The van der Waals surface area contributed by atoms with Crippen molar-refractivity contribution in [1.82, 2.24) is 18.0 Å². The minimum atomic E-state index is -3.50. The van der Waals surface area contributed by atoms with E-state index in [2.05, 4.69) is 20.6 Å². The van der Waals surface area contributed by atoms with Gasteiger partial charge >= 0.3 is 0 Å². The van der Waals surface area contributed by atoms with E-state index in [0.717, 1.165) is 37.0 Å². The molecule has 0 spiro atoms. The van der Waals surface area contributed by atoms with Gasteiger partial charge in [-0.1, -0.05) is 13.0 Å². The van der Waals surface area contributed by atoms with Crippen molar-refractivity contribution < 1.29 is 8.42 Å². The summed E-state index contributed by atoms with van der Waals surface area (Å²) in [5, 5.41) is 0. The molecule has 6 nitrogen and oxygen atoms in total. The summed E-state index contributed by atoms with van der Waals surface area (Å²) in [6.07, 6.45) is 4.46. The Morgan fingerprint density at radius 2 is 1.81 bits per heavy atom. The number of aromatic nitrogens is 2. The van der Waals surface area contributed by atoms with Crippen LogP contribution in [0.1, 0.15) is 32.6 Å². The second kappa shape index (κ2) is 7.50. The van der Waals surface area contributed by atoms with Gasteiger partial charge in [-0.05, 0) is 62.7 Å². The Kier molecular flexibility index (Phi) is 5.27. The van der Waals surface area contributed by atoms with Crippen molar-refractivity contribution in [3.05, 3.63) is 18.2 Å². The number of fused-ring (bicyclic) bond motifs is 1. The molecule has 0 unspecified atom stereocenters. The zero-order valence-electron chi connectivity index (χ0n) is 15.2. The fraction of sp³-hybridized carbons (Fsp3) is 0.667. The normalized spacial score (nSPS) is 22.2. The predicted octanol–water partition coefficient (Wildman–Crippen LogP) is 2.82. The van der Waals surface area contributed by atoms with Crippen LogP contribution in [-0.2, 0) is 10.0 Å². The Morgan fingerprint density at radius 1 is 1.08 bits per heavy atom. The van der Waals surface area contributed by atoms with Crippen molar-refractivity contribution in [3.63, 3.8) is 0 Å². The highest BCUT2D eigenvalue weighted by Gasteiger charge is 2.32. The lowest BCUT2D eigenvalue weighted by molar-refractivity contribution is 0.142. The lowest BCUT2D eigenvalue weighted by atomic mass is 9.94. The third-order valence-corrected chi connectivity index (χ3v) is 8.31. The Balaban J connectivity index is 1.40. The minimum Gasteiger partial charge on any atom is -0.303 e. The smallest absolute Gasteiger partial charge is 0.245 e. The second-order valence-electron chi connectivity index (χ2n) is 7.72. The van der Waals surface area contributed by atoms with Crippen LogP contribution in [0.3, 0.4) is 0 Å². The first-order valence-electron chi connectivity index (χ1n) is 9.48. The minimum absolute atomic E-state index is 0.298. The maximum absolute atomic E-state index is 13.1. The molecule has 2 aliphatic rings. The molecule has 1 aromatic carbocycles. The zero-order chi connectivity index (χ0) is 18.1. The average Bonchev–Trinajstić information content (AvgIpc) is 3.13. The predicted molar refractivity (Wildman–Crippen MR) is 104 cm³/mol. The number of rotatable bonds is 4. The molecule has 2 saturated heterocycles. The molecule has 0 aliphatic carbocycles. The molecule has 8 heteroatoms. The van der Waals surface area contributed by atoms with E-state index in [9.17, 15) is 8.42 Å². The first-order chi connectivity index (χ1) is 12.5. The molecule has 0 amide bonds. The standard InChI is InChI=1S/C18H26N4O2S2/c1-14-5-9-21(10-6-14)13-15-7-11-22(12-8-15)26(23,24)17-4-2-3-16-18(17)20-25-19-16/h2-4,14-15H,5-13H2,1H3. The first kappa shape index (κ1) is 18.3. The summed E-state index contributed by atoms with van der Waals surface area (Å²) in [5.74, 6) is 1.45. The van der Waals surface area contributed by atoms with E-state index in [1.54, 1.807) is 16.4 Å². The number of hydrogen-bond acceptors (Lipinski definition) is 6. The third-order valence-electron chi connectivity index (χ3n) is 5.83. The highest BCUT2D eigenvalue weighted by atomic mass is 32.2. The summed E-state index contributed by atoms with van der Waals surface area (Å²) < 4.78 is 36.2. The van der Waals surface area contributed by atoms with E-state index in [1.165, 1.54) is 25.9 Å². The molecule has 2 aromatic rings. The molecule has 2 aliphatic heterocycles. The van der Waals surface area contributed by atoms with Crippen LogP contribution < -0.4 is 0 Å². The van der Waals surface area contributed by atoms with Gasteiger partial charge in [0.25, 0.3) is 0 Å². The van der Waals surface area contributed by atoms with E-state index >= 15 is 0 Å². The molecule has 2 fully saturated rings. The quantitative estimate of drug-likeness (QED) is 0.798. The van der Waals surface area contributed by atoms with Crippen LogP contribution in [0.2, 0.25) is 0 Å². The van der Waals surface area contributed by atoms with Crippen LogP contribution in [0.5, 0.6) is 0 Å². The fourth-order valence-corrected chi connectivity index (χ4v) is 6.29. The van der Waals surface area contributed by atoms with Crippen LogP contribution in [0.25, 0.3) is 11.0 Å². The fourth-order valence-electron chi connectivity index (χ4n) is 4.07. The second-order valence-corrected chi connectivity index (χ2v) is 10.2. The highest BCUT2D eigenvalue weighted by Crippen LogP contribution is 2.29. The number of likely N-dealkylation sites (tertiary alicyclic amines) is 1. The lowest BCUT2D eigenvalue weighted by Gasteiger charge is -2.36. The van der Waals surface area contributed by atoms with Gasteiger partial charge < -0.3 is 4.90 Å². The molecule has 4 rings (SSSR count). The van der Waals surface area contributed by atoms with Gasteiger partial charge in [0.2, 0.25) is 10.0 Å². The Hall–Kier alpha value is -1.09. The van der Waals surface area contributed by atoms with E-state index in [-0.39, 0.29) is 0 Å².